The third-order valence-electron chi connectivity index (χ3n) is 7.19. The summed E-state index contributed by atoms with van der Waals surface area (Å²) in [6, 6.07) is 0.781. The van der Waals surface area contributed by atoms with Gasteiger partial charge >= 0.3 is 0 Å². The van der Waals surface area contributed by atoms with E-state index in [4.69, 9.17) is 0 Å². The van der Waals surface area contributed by atoms with E-state index in [1.54, 1.807) is 0 Å². The zero-order valence-electron chi connectivity index (χ0n) is 15.1. The quantitative estimate of drug-likeness (QED) is 0.787. The van der Waals surface area contributed by atoms with Gasteiger partial charge in [-0.15, -0.1) is 0 Å². The lowest BCUT2D eigenvalue weighted by molar-refractivity contribution is -0.137. The second-order valence-electron chi connectivity index (χ2n) is 8.67. The van der Waals surface area contributed by atoms with E-state index in [2.05, 4.69) is 16.8 Å². The molecule has 4 fully saturated rings. The minimum atomic E-state index is -0.110. The number of hydrogen-bond donors (Lipinski definition) is 0. The Hall–Kier alpha value is -1.10. The lowest BCUT2D eigenvalue weighted by Crippen LogP contribution is -2.47. The Morgan fingerprint density at radius 1 is 1.12 bits per heavy atom. The fourth-order valence-electron chi connectivity index (χ4n) is 5.66. The highest BCUT2D eigenvalue weighted by Crippen LogP contribution is 2.47. The molecule has 0 N–H and O–H groups in total. The van der Waals surface area contributed by atoms with Crippen molar-refractivity contribution in [1.29, 1.82) is 0 Å². The van der Waals surface area contributed by atoms with Gasteiger partial charge < -0.3 is 14.7 Å². The molecule has 4 rings (SSSR count). The van der Waals surface area contributed by atoms with E-state index in [-0.39, 0.29) is 17.7 Å². The van der Waals surface area contributed by atoms with Crippen molar-refractivity contribution in [2.45, 2.75) is 57.0 Å². The fraction of sp³-hybridized carbons (Fsp3) is 0.895. The Labute approximate surface area is 145 Å². The second-order valence-corrected chi connectivity index (χ2v) is 8.67. The van der Waals surface area contributed by atoms with Crippen molar-refractivity contribution < 1.29 is 9.59 Å². The van der Waals surface area contributed by atoms with E-state index < -0.39 is 0 Å². The largest absolute Gasteiger partial charge is 0.342 e. The third-order valence-corrected chi connectivity index (χ3v) is 7.19. The van der Waals surface area contributed by atoms with E-state index in [0.717, 1.165) is 31.8 Å². The summed E-state index contributed by atoms with van der Waals surface area (Å²) in [5.74, 6) is 1.86. The zero-order chi connectivity index (χ0) is 16.8. The molecule has 5 heteroatoms. The Kier molecular flexibility index (Phi) is 4.31. The van der Waals surface area contributed by atoms with Gasteiger partial charge in [0.05, 0.1) is 5.92 Å². The SMILES string of the molecule is CN1CCC(N(C)C(=O)C2CC(=O)N(C3CC4CCC3C4)C2)CC1. The van der Waals surface area contributed by atoms with Gasteiger partial charge in [0.15, 0.2) is 0 Å². The topological polar surface area (TPSA) is 43.9 Å². The predicted molar refractivity (Wildman–Crippen MR) is 92.3 cm³/mol. The van der Waals surface area contributed by atoms with Crippen LogP contribution in [0, 0.1) is 17.8 Å². The Balaban J connectivity index is 1.36. The standard InChI is InChI=1S/C19H31N3O2/c1-20-7-5-16(6-8-20)21(2)19(24)15-11-18(23)22(12-15)17-10-13-3-4-14(17)9-13/h13-17H,3-12H2,1-2H3. The Morgan fingerprint density at radius 3 is 2.50 bits per heavy atom. The first kappa shape index (κ1) is 16.4. The summed E-state index contributed by atoms with van der Waals surface area (Å²) in [4.78, 5) is 31.8. The van der Waals surface area contributed by atoms with Crippen LogP contribution in [0.5, 0.6) is 0 Å². The van der Waals surface area contributed by atoms with Crippen molar-refractivity contribution in [3.8, 4) is 0 Å². The lowest BCUT2D eigenvalue weighted by Gasteiger charge is -2.36. The number of rotatable bonds is 3. The van der Waals surface area contributed by atoms with Crippen LogP contribution in [-0.4, -0.2) is 72.3 Å². The minimum Gasteiger partial charge on any atom is -0.342 e. The highest BCUT2D eigenvalue weighted by Gasteiger charge is 2.47. The van der Waals surface area contributed by atoms with Crippen molar-refractivity contribution in [2.75, 3.05) is 33.7 Å². The summed E-state index contributed by atoms with van der Waals surface area (Å²) in [5.41, 5.74) is 0. The van der Waals surface area contributed by atoms with Gasteiger partial charge in [-0.2, -0.15) is 0 Å². The van der Waals surface area contributed by atoms with Crippen LogP contribution >= 0.6 is 0 Å². The van der Waals surface area contributed by atoms with Crippen LogP contribution in [0.15, 0.2) is 0 Å². The highest BCUT2D eigenvalue weighted by atomic mass is 16.2. The lowest BCUT2D eigenvalue weighted by atomic mass is 9.94. The van der Waals surface area contributed by atoms with Gasteiger partial charge in [0.25, 0.3) is 0 Å². The first-order valence-corrected chi connectivity index (χ1v) is 9.77. The molecule has 2 saturated carbocycles. The Morgan fingerprint density at radius 2 is 1.88 bits per heavy atom. The van der Waals surface area contributed by atoms with Gasteiger partial charge in [-0.25, -0.2) is 0 Å². The van der Waals surface area contributed by atoms with Crippen LogP contribution in [0.3, 0.4) is 0 Å². The van der Waals surface area contributed by atoms with Crippen molar-refractivity contribution >= 4 is 11.8 Å². The molecule has 0 aromatic rings. The van der Waals surface area contributed by atoms with Crippen LogP contribution in [0.1, 0.15) is 44.9 Å². The van der Waals surface area contributed by atoms with E-state index in [9.17, 15) is 9.59 Å². The smallest absolute Gasteiger partial charge is 0.227 e. The number of hydrogen-bond acceptors (Lipinski definition) is 3. The number of piperidine rings is 1. The van der Waals surface area contributed by atoms with Crippen molar-refractivity contribution in [3.63, 3.8) is 0 Å². The second kappa shape index (κ2) is 6.32. The number of fused-ring (bicyclic) bond motifs is 2. The fourth-order valence-corrected chi connectivity index (χ4v) is 5.66. The van der Waals surface area contributed by atoms with E-state index in [1.807, 2.05) is 11.9 Å². The molecular weight excluding hydrogens is 302 g/mol. The Bertz CT molecular complexity index is 515. The molecule has 0 aromatic carbocycles. The van der Waals surface area contributed by atoms with E-state index >= 15 is 0 Å². The summed E-state index contributed by atoms with van der Waals surface area (Å²) in [6.45, 7) is 2.79. The number of likely N-dealkylation sites (tertiary alicyclic amines) is 2. The van der Waals surface area contributed by atoms with Crippen molar-refractivity contribution in [2.24, 2.45) is 17.8 Å². The third kappa shape index (κ3) is 2.85. The average Bonchev–Trinajstić information content (AvgIpc) is 3.29. The molecule has 5 nitrogen and oxygen atoms in total. The summed E-state index contributed by atoms with van der Waals surface area (Å²) in [5, 5.41) is 0. The van der Waals surface area contributed by atoms with E-state index in [0.29, 0.717) is 31.0 Å². The molecule has 2 aliphatic carbocycles. The van der Waals surface area contributed by atoms with Crippen LogP contribution in [-0.2, 0) is 9.59 Å². The highest BCUT2D eigenvalue weighted by molar-refractivity contribution is 5.89. The van der Waals surface area contributed by atoms with Crippen LogP contribution in [0.4, 0.5) is 0 Å². The number of carbonyl (C=O) groups excluding carboxylic acids is 2. The van der Waals surface area contributed by atoms with Gasteiger partial charge in [-0.3, -0.25) is 9.59 Å². The maximum Gasteiger partial charge on any atom is 0.227 e. The first-order valence-electron chi connectivity index (χ1n) is 9.77. The maximum absolute atomic E-state index is 12.9. The summed E-state index contributed by atoms with van der Waals surface area (Å²) in [6.07, 6.45) is 7.66. The summed E-state index contributed by atoms with van der Waals surface area (Å²) < 4.78 is 0. The van der Waals surface area contributed by atoms with Crippen molar-refractivity contribution in [1.82, 2.24) is 14.7 Å². The molecule has 4 atom stereocenters. The van der Waals surface area contributed by atoms with Gasteiger partial charge in [0.1, 0.15) is 0 Å². The molecule has 0 aromatic heterocycles. The molecular formula is C19H31N3O2. The number of carbonyl (C=O) groups is 2. The monoisotopic (exact) mass is 333 g/mol. The van der Waals surface area contributed by atoms with E-state index in [1.165, 1.54) is 25.7 Å². The molecule has 2 saturated heterocycles. The van der Waals surface area contributed by atoms with Crippen molar-refractivity contribution in [3.05, 3.63) is 0 Å². The van der Waals surface area contributed by atoms with Gasteiger partial charge in [-0.1, -0.05) is 6.42 Å². The van der Waals surface area contributed by atoms with Crippen LogP contribution < -0.4 is 0 Å². The normalized spacial score (nSPS) is 37.4. The molecule has 4 aliphatic rings. The summed E-state index contributed by atoms with van der Waals surface area (Å²) >= 11 is 0. The average molecular weight is 333 g/mol. The molecule has 2 bridgehead atoms. The number of nitrogens with zero attached hydrogens (tertiary/aromatic N) is 3. The molecule has 4 unspecified atom stereocenters. The minimum absolute atomic E-state index is 0.110. The van der Waals surface area contributed by atoms with Gasteiger partial charge in [0.2, 0.25) is 11.8 Å². The molecule has 24 heavy (non-hydrogen) atoms. The molecule has 2 aliphatic heterocycles. The molecule has 134 valence electrons. The molecule has 2 amide bonds. The first-order chi connectivity index (χ1) is 11.5. The number of amides is 2. The molecule has 0 radical (unpaired) electrons. The maximum atomic E-state index is 12.9. The van der Waals surface area contributed by atoms with Gasteiger partial charge in [0, 0.05) is 32.1 Å². The summed E-state index contributed by atoms with van der Waals surface area (Å²) in [7, 11) is 4.09. The predicted octanol–water partition coefficient (Wildman–Crippen LogP) is 1.58. The van der Waals surface area contributed by atoms with Crippen LogP contribution in [0.2, 0.25) is 0 Å². The molecule has 0 spiro atoms. The zero-order valence-corrected chi connectivity index (χ0v) is 15.1. The van der Waals surface area contributed by atoms with Crippen LogP contribution in [0.25, 0.3) is 0 Å². The van der Waals surface area contributed by atoms with Gasteiger partial charge in [-0.05, 0) is 64.1 Å². The molecule has 2 heterocycles.